The Bertz CT molecular complexity index is 957. The van der Waals surface area contributed by atoms with Crippen LogP contribution in [0, 0.1) is 6.92 Å². The van der Waals surface area contributed by atoms with Gasteiger partial charge in [0.2, 0.25) is 0 Å². The van der Waals surface area contributed by atoms with Crippen LogP contribution in [0.25, 0.3) is 11.0 Å². The van der Waals surface area contributed by atoms with Gasteiger partial charge in [0.1, 0.15) is 11.0 Å². The van der Waals surface area contributed by atoms with Crippen molar-refractivity contribution < 1.29 is 5.21 Å². The van der Waals surface area contributed by atoms with Gasteiger partial charge in [0, 0.05) is 6.20 Å². The molecule has 0 aliphatic carbocycles. The summed E-state index contributed by atoms with van der Waals surface area (Å²) >= 11 is 0. The van der Waals surface area contributed by atoms with Crippen molar-refractivity contribution in [3.05, 3.63) is 77.9 Å². The van der Waals surface area contributed by atoms with E-state index in [1.54, 1.807) is 0 Å². The second-order valence-corrected chi connectivity index (χ2v) is 5.50. The van der Waals surface area contributed by atoms with Crippen LogP contribution in [-0.4, -0.2) is 29.9 Å². The van der Waals surface area contributed by atoms with Crippen molar-refractivity contribution in [2.45, 2.75) is 13.0 Å². The fourth-order valence-corrected chi connectivity index (χ4v) is 2.85. The van der Waals surface area contributed by atoms with E-state index >= 15 is 0 Å². The van der Waals surface area contributed by atoms with Crippen molar-refractivity contribution in [2.24, 2.45) is 0 Å². The summed E-state index contributed by atoms with van der Waals surface area (Å²) in [7, 11) is 0. The first-order valence-electron chi connectivity index (χ1n) is 7.32. The summed E-state index contributed by atoms with van der Waals surface area (Å²) in [5, 5.41) is 17.3. The second-order valence-electron chi connectivity index (χ2n) is 5.50. The summed E-state index contributed by atoms with van der Waals surface area (Å²) < 4.78 is 2.07. The molecule has 2 aromatic heterocycles. The Hall–Kier alpha value is -3.15. The number of nitrogens with zero attached hydrogens (tertiary/aromatic N) is 5. The van der Waals surface area contributed by atoms with Gasteiger partial charge >= 0.3 is 0 Å². The van der Waals surface area contributed by atoms with Gasteiger partial charge in [-0.1, -0.05) is 41.2 Å². The van der Waals surface area contributed by atoms with Crippen molar-refractivity contribution in [3.8, 4) is 0 Å². The first-order chi connectivity index (χ1) is 11.2. The Morgan fingerprint density at radius 3 is 2.61 bits per heavy atom. The van der Waals surface area contributed by atoms with Crippen LogP contribution in [0.1, 0.15) is 22.9 Å². The Kier molecular flexibility index (Phi) is 3.08. The van der Waals surface area contributed by atoms with Crippen molar-refractivity contribution in [2.75, 3.05) is 0 Å². The molecular weight excluding hydrogens is 290 g/mol. The molecule has 1 N–H and O–H groups in total. The summed E-state index contributed by atoms with van der Waals surface area (Å²) in [5.74, 6) is 0. The fourth-order valence-electron chi connectivity index (χ4n) is 2.85. The molecule has 4 aromatic rings. The zero-order valence-electron chi connectivity index (χ0n) is 12.5. The van der Waals surface area contributed by atoms with E-state index in [2.05, 4.69) is 32.0 Å². The average Bonchev–Trinajstić information content (AvgIpc) is 3.16. The molecule has 0 radical (unpaired) electrons. The largest absolute Gasteiger partial charge is 0.410 e. The van der Waals surface area contributed by atoms with Crippen molar-refractivity contribution in [3.63, 3.8) is 0 Å². The van der Waals surface area contributed by atoms with E-state index in [-0.39, 0.29) is 6.04 Å². The van der Waals surface area contributed by atoms with Gasteiger partial charge in [0.15, 0.2) is 0 Å². The molecule has 6 heteroatoms. The standard InChI is InChI=1S/C17H15N5O/c1-12-10-21(11-18-12)17(13-5-3-2-4-6-13)14-7-8-15-16(9-14)22(23)20-19-15/h2-11,17,23H,1H3. The van der Waals surface area contributed by atoms with E-state index in [1.807, 2.05) is 55.8 Å². The summed E-state index contributed by atoms with van der Waals surface area (Å²) in [6.07, 6.45) is 3.84. The van der Waals surface area contributed by atoms with Gasteiger partial charge in [-0.05, 0) is 35.4 Å². The minimum absolute atomic E-state index is 0.0308. The summed E-state index contributed by atoms with van der Waals surface area (Å²) in [5.41, 5.74) is 4.37. The lowest BCUT2D eigenvalue weighted by Crippen LogP contribution is -2.10. The van der Waals surface area contributed by atoms with Crippen LogP contribution in [0.3, 0.4) is 0 Å². The topological polar surface area (TPSA) is 68.8 Å². The van der Waals surface area contributed by atoms with E-state index in [1.165, 1.54) is 0 Å². The van der Waals surface area contributed by atoms with E-state index in [0.717, 1.165) is 21.7 Å². The SMILES string of the molecule is Cc1cn(C(c2ccccc2)c2ccc3nnn(O)c3c2)cn1. The van der Waals surface area contributed by atoms with E-state index in [0.29, 0.717) is 11.0 Å². The Morgan fingerprint density at radius 2 is 1.87 bits per heavy atom. The van der Waals surface area contributed by atoms with Gasteiger partial charge < -0.3 is 9.77 Å². The van der Waals surface area contributed by atoms with Crippen LogP contribution < -0.4 is 0 Å². The normalized spacial score (nSPS) is 12.6. The quantitative estimate of drug-likeness (QED) is 0.591. The van der Waals surface area contributed by atoms with Gasteiger partial charge in [0.25, 0.3) is 0 Å². The maximum Gasteiger partial charge on any atom is 0.131 e. The van der Waals surface area contributed by atoms with Crippen LogP contribution >= 0.6 is 0 Å². The van der Waals surface area contributed by atoms with Gasteiger partial charge in [-0.3, -0.25) is 0 Å². The summed E-state index contributed by atoms with van der Waals surface area (Å²) in [6.45, 7) is 1.97. The Balaban J connectivity index is 1.91. The minimum Gasteiger partial charge on any atom is -0.410 e. The van der Waals surface area contributed by atoms with Gasteiger partial charge in [0.05, 0.1) is 18.1 Å². The van der Waals surface area contributed by atoms with Crippen molar-refractivity contribution in [1.29, 1.82) is 0 Å². The van der Waals surface area contributed by atoms with E-state index in [9.17, 15) is 5.21 Å². The van der Waals surface area contributed by atoms with Gasteiger partial charge in [-0.15, -0.1) is 5.10 Å². The number of fused-ring (bicyclic) bond motifs is 1. The van der Waals surface area contributed by atoms with Crippen LogP contribution in [0.2, 0.25) is 0 Å². The molecule has 0 aliphatic heterocycles. The van der Waals surface area contributed by atoms with Crippen LogP contribution in [0.4, 0.5) is 0 Å². The van der Waals surface area contributed by atoms with Crippen molar-refractivity contribution in [1.82, 2.24) is 24.7 Å². The van der Waals surface area contributed by atoms with E-state index < -0.39 is 0 Å². The number of imidazole rings is 1. The lowest BCUT2D eigenvalue weighted by molar-refractivity contribution is 0.154. The molecule has 2 aromatic carbocycles. The number of hydrogen-bond donors (Lipinski definition) is 1. The van der Waals surface area contributed by atoms with Gasteiger partial charge in [-0.2, -0.15) is 0 Å². The highest BCUT2D eigenvalue weighted by Crippen LogP contribution is 2.28. The smallest absolute Gasteiger partial charge is 0.131 e. The lowest BCUT2D eigenvalue weighted by atomic mass is 9.98. The molecule has 0 bridgehead atoms. The predicted octanol–water partition coefficient (Wildman–Crippen LogP) is 2.81. The zero-order valence-corrected chi connectivity index (χ0v) is 12.5. The molecule has 0 amide bonds. The number of benzene rings is 2. The monoisotopic (exact) mass is 305 g/mol. The van der Waals surface area contributed by atoms with Crippen LogP contribution in [0.15, 0.2) is 61.1 Å². The summed E-state index contributed by atoms with van der Waals surface area (Å²) in [6, 6.07) is 15.9. The molecule has 0 aliphatic rings. The molecule has 0 saturated heterocycles. The first-order valence-corrected chi connectivity index (χ1v) is 7.32. The number of aromatic nitrogens is 5. The third-order valence-corrected chi connectivity index (χ3v) is 3.91. The molecule has 6 nitrogen and oxygen atoms in total. The van der Waals surface area contributed by atoms with E-state index in [4.69, 9.17) is 0 Å². The molecule has 0 spiro atoms. The lowest BCUT2D eigenvalue weighted by Gasteiger charge is -2.19. The second kappa shape index (κ2) is 5.24. The van der Waals surface area contributed by atoms with Crippen molar-refractivity contribution >= 4 is 11.0 Å². The zero-order chi connectivity index (χ0) is 15.8. The number of hydrogen-bond acceptors (Lipinski definition) is 4. The molecule has 4 rings (SSSR count). The molecular formula is C17H15N5O. The molecule has 0 saturated carbocycles. The molecule has 1 atom stereocenters. The number of aryl methyl sites for hydroxylation is 1. The summed E-state index contributed by atoms with van der Waals surface area (Å²) in [4.78, 5) is 5.15. The fraction of sp³-hybridized carbons (Fsp3) is 0.118. The minimum atomic E-state index is -0.0308. The maximum atomic E-state index is 9.79. The third kappa shape index (κ3) is 2.34. The molecule has 0 fully saturated rings. The Morgan fingerprint density at radius 1 is 1.04 bits per heavy atom. The average molecular weight is 305 g/mol. The predicted molar refractivity (Wildman–Crippen MR) is 85.4 cm³/mol. The highest BCUT2D eigenvalue weighted by Gasteiger charge is 2.18. The molecule has 23 heavy (non-hydrogen) atoms. The molecule has 114 valence electrons. The maximum absolute atomic E-state index is 9.79. The van der Waals surface area contributed by atoms with Crippen LogP contribution in [0.5, 0.6) is 0 Å². The first kappa shape index (κ1) is 13.5. The third-order valence-electron chi connectivity index (χ3n) is 3.91. The highest BCUT2D eigenvalue weighted by molar-refractivity contribution is 5.75. The Labute approximate surface area is 132 Å². The number of rotatable bonds is 3. The highest BCUT2D eigenvalue weighted by atomic mass is 16.5. The molecule has 2 heterocycles. The molecule has 1 unspecified atom stereocenters. The van der Waals surface area contributed by atoms with Crippen LogP contribution in [-0.2, 0) is 0 Å². The van der Waals surface area contributed by atoms with Gasteiger partial charge in [-0.25, -0.2) is 4.98 Å².